The molecule has 90 valence electrons. The maximum atomic E-state index is 5.89. The minimum atomic E-state index is 0.306. The molecule has 0 spiro atoms. The number of nitrogens with two attached hydrogens (primary N) is 1. The van der Waals surface area contributed by atoms with E-state index in [2.05, 4.69) is 15.1 Å². The van der Waals surface area contributed by atoms with Gasteiger partial charge in [-0.3, -0.25) is 9.67 Å². The van der Waals surface area contributed by atoms with E-state index in [0.29, 0.717) is 17.4 Å². The number of ether oxygens (including phenoxy) is 1. The highest BCUT2D eigenvalue weighted by Crippen LogP contribution is 2.31. The number of hydrogen-bond acceptors (Lipinski definition) is 5. The fraction of sp³-hybridized carbons (Fsp3) is 0.0833. The minimum Gasteiger partial charge on any atom is -0.423 e. The van der Waals surface area contributed by atoms with Crippen molar-refractivity contribution in [2.24, 2.45) is 7.05 Å². The molecule has 18 heavy (non-hydrogen) atoms. The van der Waals surface area contributed by atoms with Gasteiger partial charge in [0.1, 0.15) is 12.1 Å². The molecule has 2 N–H and O–H groups in total. The summed E-state index contributed by atoms with van der Waals surface area (Å²) in [5.41, 5.74) is 6.56. The van der Waals surface area contributed by atoms with Gasteiger partial charge in [0.2, 0.25) is 0 Å². The van der Waals surface area contributed by atoms with Crippen LogP contribution in [0.4, 0.5) is 5.69 Å². The van der Waals surface area contributed by atoms with Gasteiger partial charge < -0.3 is 10.5 Å². The van der Waals surface area contributed by atoms with Crippen LogP contribution in [-0.2, 0) is 7.05 Å². The largest absolute Gasteiger partial charge is 0.423 e. The Morgan fingerprint density at radius 3 is 2.89 bits per heavy atom. The summed E-state index contributed by atoms with van der Waals surface area (Å²) in [6.45, 7) is 0. The number of rotatable bonds is 2. The summed E-state index contributed by atoms with van der Waals surface area (Å²) in [6, 6.07) is 5.74. The number of nitrogens with zero attached hydrogens (tertiary/aromatic N) is 4. The van der Waals surface area contributed by atoms with Crippen LogP contribution in [0, 0.1) is 0 Å². The standard InChI is InChI=1S/C12H11N5O/c1-17-7-15-12(16-17)18-11-3-2-10(13)9-6-14-5-4-8(9)11/h2-7H,13H2,1H3. The Balaban J connectivity index is 2.09. The van der Waals surface area contributed by atoms with E-state index < -0.39 is 0 Å². The van der Waals surface area contributed by atoms with Gasteiger partial charge in [-0.25, -0.2) is 0 Å². The second-order valence-corrected chi connectivity index (χ2v) is 3.88. The zero-order valence-corrected chi connectivity index (χ0v) is 9.74. The first kappa shape index (κ1) is 10.5. The molecule has 0 aliphatic carbocycles. The summed E-state index contributed by atoms with van der Waals surface area (Å²) < 4.78 is 7.22. The third-order valence-electron chi connectivity index (χ3n) is 2.59. The molecule has 6 nitrogen and oxygen atoms in total. The van der Waals surface area contributed by atoms with Crippen LogP contribution in [0.5, 0.6) is 11.8 Å². The first-order valence-electron chi connectivity index (χ1n) is 5.40. The highest BCUT2D eigenvalue weighted by molar-refractivity contribution is 5.96. The molecule has 0 aliphatic rings. The SMILES string of the molecule is Cn1cnc(Oc2ccc(N)c3cnccc23)n1. The average molecular weight is 241 g/mol. The van der Waals surface area contributed by atoms with Crippen molar-refractivity contribution in [1.29, 1.82) is 0 Å². The number of pyridine rings is 1. The summed E-state index contributed by atoms with van der Waals surface area (Å²) in [6.07, 6.45) is 4.99. The number of aryl methyl sites for hydroxylation is 1. The Hall–Kier alpha value is -2.63. The Morgan fingerprint density at radius 1 is 1.22 bits per heavy atom. The fourth-order valence-electron chi connectivity index (χ4n) is 1.74. The van der Waals surface area contributed by atoms with Gasteiger partial charge in [0.05, 0.1) is 0 Å². The first-order chi connectivity index (χ1) is 8.74. The van der Waals surface area contributed by atoms with Crippen LogP contribution in [0.25, 0.3) is 10.8 Å². The molecule has 2 aromatic heterocycles. The van der Waals surface area contributed by atoms with Gasteiger partial charge in [0.25, 0.3) is 0 Å². The Labute approximate surface area is 103 Å². The lowest BCUT2D eigenvalue weighted by Gasteiger charge is -2.07. The Kier molecular flexibility index (Phi) is 2.33. The molecular weight excluding hydrogens is 230 g/mol. The molecule has 0 fully saturated rings. The second-order valence-electron chi connectivity index (χ2n) is 3.88. The van der Waals surface area contributed by atoms with Gasteiger partial charge in [-0.15, -0.1) is 5.10 Å². The molecule has 3 aromatic rings. The number of fused-ring (bicyclic) bond motifs is 1. The number of benzene rings is 1. The molecule has 0 amide bonds. The molecule has 0 saturated carbocycles. The van der Waals surface area contributed by atoms with E-state index >= 15 is 0 Å². The highest BCUT2D eigenvalue weighted by Gasteiger charge is 2.08. The summed E-state index contributed by atoms with van der Waals surface area (Å²) >= 11 is 0. The highest BCUT2D eigenvalue weighted by atomic mass is 16.5. The molecule has 0 unspecified atom stereocenters. The maximum Gasteiger partial charge on any atom is 0.340 e. The molecule has 3 rings (SSSR count). The van der Waals surface area contributed by atoms with E-state index in [1.807, 2.05) is 6.07 Å². The van der Waals surface area contributed by atoms with Crippen molar-refractivity contribution in [1.82, 2.24) is 19.7 Å². The molecule has 0 radical (unpaired) electrons. The van der Waals surface area contributed by atoms with Crippen LogP contribution in [0.3, 0.4) is 0 Å². The predicted molar refractivity (Wildman–Crippen MR) is 67.2 cm³/mol. The maximum absolute atomic E-state index is 5.89. The average Bonchev–Trinajstić information content (AvgIpc) is 2.79. The van der Waals surface area contributed by atoms with Crippen molar-refractivity contribution in [3.8, 4) is 11.8 Å². The lowest BCUT2D eigenvalue weighted by Crippen LogP contribution is -1.93. The van der Waals surface area contributed by atoms with E-state index in [0.717, 1.165) is 10.8 Å². The molecular formula is C12H11N5O. The zero-order chi connectivity index (χ0) is 12.5. The molecule has 6 heteroatoms. The van der Waals surface area contributed by atoms with Crippen LogP contribution < -0.4 is 10.5 Å². The lowest BCUT2D eigenvalue weighted by atomic mass is 10.1. The van der Waals surface area contributed by atoms with Gasteiger partial charge in [-0.1, -0.05) is 0 Å². The molecule has 0 bridgehead atoms. The molecule has 2 heterocycles. The van der Waals surface area contributed by atoms with Gasteiger partial charge in [-0.2, -0.15) is 4.98 Å². The van der Waals surface area contributed by atoms with E-state index in [-0.39, 0.29) is 0 Å². The molecule has 0 saturated heterocycles. The second kappa shape index (κ2) is 3.99. The molecule has 0 aliphatic heterocycles. The van der Waals surface area contributed by atoms with E-state index in [9.17, 15) is 0 Å². The van der Waals surface area contributed by atoms with Gasteiger partial charge in [-0.05, 0) is 18.2 Å². The number of hydrogen-bond donors (Lipinski definition) is 1. The quantitative estimate of drug-likeness (QED) is 0.691. The minimum absolute atomic E-state index is 0.306. The van der Waals surface area contributed by atoms with Crippen LogP contribution in [0.2, 0.25) is 0 Å². The van der Waals surface area contributed by atoms with Gasteiger partial charge in [0.15, 0.2) is 0 Å². The summed E-state index contributed by atoms with van der Waals surface area (Å²) in [7, 11) is 1.78. The van der Waals surface area contributed by atoms with E-state index in [1.165, 1.54) is 0 Å². The van der Waals surface area contributed by atoms with Crippen molar-refractivity contribution in [3.63, 3.8) is 0 Å². The topological polar surface area (TPSA) is 78.9 Å². The predicted octanol–water partition coefficient (Wildman–Crippen LogP) is 1.74. The van der Waals surface area contributed by atoms with Crippen molar-refractivity contribution >= 4 is 16.5 Å². The number of aromatic nitrogens is 4. The van der Waals surface area contributed by atoms with Crippen LogP contribution in [-0.4, -0.2) is 19.7 Å². The van der Waals surface area contributed by atoms with E-state index in [1.54, 1.807) is 42.6 Å². The summed E-state index contributed by atoms with van der Waals surface area (Å²) in [4.78, 5) is 8.08. The van der Waals surface area contributed by atoms with Gasteiger partial charge in [0, 0.05) is 35.9 Å². The smallest absolute Gasteiger partial charge is 0.340 e. The first-order valence-corrected chi connectivity index (χ1v) is 5.40. The third-order valence-corrected chi connectivity index (χ3v) is 2.59. The van der Waals surface area contributed by atoms with Crippen molar-refractivity contribution in [3.05, 3.63) is 36.9 Å². The van der Waals surface area contributed by atoms with Crippen LogP contribution in [0.15, 0.2) is 36.9 Å². The van der Waals surface area contributed by atoms with Gasteiger partial charge >= 0.3 is 6.01 Å². The number of anilines is 1. The Morgan fingerprint density at radius 2 is 2.11 bits per heavy atom. The van der Waals surface area contributed by atoms with Crippen molar-refractivity contribution in [2.75, 3.05) is 5.73 Å². The van der Waals surface area contributed by atoms with Crippen molar-refractivity contribution < 1.29 is 4.74 Å². The third kappa shape index (κ3) is 1.73. The normalized spacial score (nSPS) is 10.7. The number of nitrogen functional groups attached to an aromatic ring is 1. The zero-order valence-electron chi connectivity index (χ0n) is 9.74. The molecule has 0 atom stereocenters. The summed E-state index contributed by atoms with van der Waals surface area (Å²) in [5.74, 6) is 0.660. The van der Waals surface area contributed by atoms with Crippen molar-refractivity contribution in [2.45, 2.75) is 0 Å². The van der Waals surface area contributed by atoms with Crippen LogP contribution >= 0.6 is 0 Å². The lowest BCUT2D eigenvalue weighted by molar-refractivity contribution is 0.443. The summed E-state index contributed by atoms with van der Waals surface area (Å²) in [5, 5.41) is 5.81. The fourth-order valence-corrected chi connectivity index (χ4v) is 1.74. The monoisotopic (exact) mass is 241 g/mol. The van der Waals surface area contributed by atoms with E-state index in [4.69, 9.17) is 10.5 Å². The van der Waals surface area contributed by atoms with Crippen LogP contribution in [0.1, 0.15) is 0 Å². The molecule has 1 aromatic carbocycles. The Bertz CT molecular complexity index is 707.